The van der Waals surface area contributed by atoms with Crippen LogP contribution in [0.1, 0.15) is 38.2 Å². The summed E-state index contributed by atoms with van der Waals surface area (Å²) < 4.78 is 0. The zero-order chi connectivity index (χ0) is 14.4. The van der Waals surface area contributed by atoms with Gasteiger partial charge in [-0.2, -0.15) is 0 Å². The average molecular weight is 315 g/mol. The smallest absolute Gasteiger partial charge is 0.0424 e. The second kappa shape index (κ2) is 8.23. The molecule has 1 aliphatic rings. The van der Waals surface area contributed by atoms with E-state index < -0.39 is 0 Å². The fourth-order valence-corrected chi connectivity index (χ4v) is 3.47. The van der Waals surface area contributed by atoms with E-state index in [0.717, 1.165) is 36.2 Å². The highest BCUT2D eigenvalue weighted by molar-refractivity contribution is 6.34. The molecule has 1 N–H and O–H groups in total. The summed E-state index contributed by atoms with van der Waals surface area (Å²) in [4.78, 5) is 2.50. The van der Waals surface area contributed by atoms with Crippen molar-refractivity contribution >= 4 is 23.2 Å². The van der Waals surface area contributed by atoms with E-state index in [0.29, 0.717) is 6.04 Å². The lowest BCUT2D eigenvalue weighted by molar-refractivity contribution is 0.217. The topological polar surface area (TPSA) is 15.3 Å². The zero-order valence-electron chi connectivity index (χ0n) is 12.2. The highest BCUT2D eigenvalue weighted by atomic mass is 35.5. The summed E-state index contributed by atoms with van der Waals surface area (Å²) in [5, 5.41) is 5.07. The van der Waals surface area contributed by atoms with Crippen molar-refractivity contribution in [2.45, 2.75) is 45.2 Å². The van der Waals surface area contributed by atoms with E-state index in [4.69, 9.17) is 23.2 Å². The lowest BCUT2D eigenvalue weighted by Crippen LogP contribution is -2.43. The predicted octanol–water partition coefficient (Wildman–Crippen LogP) is 4.35. The number of benzene rings is 1. The summed E-state index contributed by atoms with van der Waals surface area (Å²) in [5.41, 5.74) is 1.20. The maximum absolute atomic E-state index is 6.09. The molecule has 0 spiro atoms. The van der Waals surface area contributed by atoms with Crippen molar-refractivity contribution in [3.63, 3.8) is 0 Å². The third-order valence-corrected chi connectivity index (χ3v) is 4.20. The van der Waals surface area contributed by atoms with Gasteiger partial charge in [-0.25, -0.2) is 0 Å². The second-order valence-corrected chi connectivity index (χ2v) is 6.53. The molecule has 0 radical (unpaired) electrons. The molecular weight excluding hydrogens is 291 g/mol. The molecule has 2 nitrogen and oxygen atoms in total. The van der Waals surface area contributed by atoms with Crippen molar-refractivity contribution in [2.75, 3.05) is 19.6 Å². The molecule has 0 amide bonds. The van der Waals surface area contributed by atoms with Crippen LogP contribution in [0.25, 0.3) is 0 Å². The van der Waals surface area contributed by atoms with Crippen molar-refractivity contribution in [3.8, 4) is 0 Å². The van der Waals surface area contributed by atoms with Gasteiger partial charge in [-0.1, -0.05) is 36.5 Å². The molecule has 1 heterocycles. The van der Waals surface area contributed by atoms with Crippen LogP contribution in [0.15, 0.2) is 18.2 Å². The summed E-state index contributed by atoms with van der Waals surface area (Å²) in [6, 6.07) is 6.46. The molecule has 1 unspecified atom stereocenters. The van der Waals surface area contributed by atoms with Gasteiger partial charge in [0, 0.05) is 29.2 Å². The number of hydrogen-bond acceptors (Lipinski definition) is 2. The van der Waals surface area contributed by atoms with Crippen LogP contribution in [0.2, 0.25) is 10.0 Å². The number of rotatable bonds is 6. The van der Waals surface area contributed by atoms with E-state index in [1.165, 1.54) is 31.2 Å². The van der Waals surface area contributed by atoms with Crippen LogP contribution in [0, 0.1) is 0 Å². The van der Waals surface area contributed by atoms with E-state index in [2.05, 4.69) is 17.1 Å². The van der Waals surface area contributed by atoms with Crippen LogP contribution in [-0.2, 0) is 6.54 Å². The first kappa shape index (κ1) is 16.1. The summed E-state index contributed by atoms with van der Waals surface area (Å²) in [5.74, 6) is 0. The maximum Gasteiger partial charge on any atom is 0.0424 e. The number of halogens is 2. The van der Waals surface area contributed by atoms with Crippen LogP contribution in [0.4, 0.5) is 0 Å². The lowest BCUT2D eigenvalue weighted by atomic mass is 10.0. The molecule has 1 saturated heterocycles. The van der Waals surface area contributed by atoms with Gasteiger partial charge >= 0.3 is 0 Å². The monoisotopic (exact) mass is 314 g/mol. The minimum absolute atomic E-state index is 0.630. The third kappa shape index (κ3) is 5.25. The molecule has 1 aromatic carbocycles. The Morgan fingerprint density at radius 2 is 1.95 bits per heavy atom. The maximum atomic E-state index is 6.09. The summed E-state index contributed by atoms with van der Waals surface area (Å²) in [6.45, 7) is 6.53. The fourth-order valence-electron chi connectivity index (χ4n) is 2.90. The number of nitrogens with zero attached hydrogens (tertiary/aromatic N) is 1. The van der Waals surface area contributed by atoms with Gasteiger partial charge in [0.05, 0.1) is 0 Å². The second-order valence-electron chi connectivity index (χ2n) is 5.66. The van der Waals surface area contributed by atoms with Gasteiger partial charge in [0.15, 0.2) is 0 Å². The molecule has 1 fully saturated rings. The Balaban J connectivity index is 1.96. The number of piperidine rings is 1. The molecular formula is C16H24Cl2N2. The summed E-state index contributed by atoms with van der Waals surface area (Å²) >= 11 is 12.2. The van der Waals surface area contributed by atoms with Crippen LogP contribution in [0.3, 0.4) is 0 Å². The predicted molar refractivity (Wildman–Crippen MR) is 87.7 cm³/mol. The SMILES string of the molecule is CCCN(Cc1cc(Cl)cc(Cl)c1)CC1CCCCN1. The van der Waals surface area contributed by atoms with Gasteiger partial charge in [0.25, 0.3) is 0 Å². The Morgan fingerprint density at radius 1 is 1.20 bits per heavy atom. The molecule has 20 heavy (non-hydrogen) atoms. The minimum atomic E-state index is 0.630. The highest BCUT2D eigenvalue weighted by Crippen LogP contribution is 2.20. The Hall–Kier alpha value is -0.280. The quantitative estimate of drug-likeness (QED) is 0.840. The average Bonchev–Trinajstić information content (AvgIpc) is 2.39. The lowest BCUT2D eigenvalue weighted by Gasteiger charge is -2.30. The first-order chi connectivity index (χ1) is 9.67. The van der Waals surface area contributed by atoms with E-state index >= 15 is 0 Å². The molecule has 0 saturated carbocycles. The van der Waals surface area contributed by atoms with Crippen molar-refractivity contribution < 1.29 is 0 Å². The normalized spacial score (nSPS) is 19.5. The Kier molecular flexibility index (Phi) is 6.63. The zero-order valence-corrected chi connectivity index (χ0v) is 13.7. The van der Waals surface area contributed by atoms with Gasteiger partial charge in [-0.05, 0) is 56.1 Å². The van der Waals surface area contributed by atoms with Gasteiger partial charge in [-0.3, -0.25) is 4.90 Å². The molecule has 2 rings (SSSR count). The van der Waals surface area contributed by atoms with Crippen LogP contribution in [0.5, 0.6) is 0 Å². The Bertz CT molecular complexity index is 397. The summed E-state index contributed by atoms with van der Waals surface area (Å²) in [7, 11) is 0. The molecule has 1 atom stereocenters. The van der Waals surface area contributed by atoms with Gasteiger partial charge < -0.3 is 5.32 Å². The molecule has 4 heteroatoms. The molecule has 0 aromatic heterocycles. The van der Waals surface area contributed by atoms with E-state index in [-0.39, 0.29) is 0 Å². The van der Waals surface area contributed by atoms with Crippen LogP contribution in [-0.4, -0.2) is 30.6 Å². The first-order valence-electron chi connectivity index (χ1n) is 7.58. The fraction of sp³-hybridized carbons (Fsp3) is 0.625. The minimum Gasteiger partial charge on any atom is -0.313 e. The van der Waals surface area contributed by atoms with Crippen molar-refractivity contribution in [2.24, 2.45) is 0 Å². The first-order valence-corrected chi connectivity index (χ1v) is 8.33. The van der Waals surface area contributed by atoms with Crippen molar-refractivity contribution in [3.05, 3.63) is 33.8 Å². The molecule has 0 aliphatic carbocycles. The van der Waals surface area contributed by atoms with Crippen molar-refractivity contribution in [1.29, 1.82) is 0 Å². The van der Waals surface area contributed by atoms with Crippen molar-refractivity contribution in [1.82, 2.24) is 10.2 Å². The standard InChI is InChI=1S/C16H24Cl2N2/c1-2-7-20(12-16-5-3-4-6-19-16)11-13-8-14(17)10-15(18)9-13/h8-10,16,19H,2-7,11-12H2,1H3. The van der Waals surface area contributed by atoms with Crippen LogP contribution >= 0.6 is 23.2 Å². The van der Waals surface area contributed by atoms with E-state index in [9.17, 15) is 0 Å². The van der Waals surface area contributed by atoms with Gasteiger partial charge in [0.2, 0.25) is 0 Å². The van der Waals surface area contributed by atoms with E-state index in [1.54, 1.807) is 6.07 Å². The van der Waals surface area contributed by atoms with E-state index in [1.807, 2.05) is 12.1 Å². The van der Waals surface area contributed by atoms with Gasteiger partial charge in [-0.15, -0.1) is 0 Å². The number of nitrogens with one attached hydrogen (secondary N) is 1. The molecule has 112 valence electrons. The summed E-state index contributed by atoms with van der Waals surface area (Å²) in [6.07, 6.45) is 5.12. The molecule has 1 aromatic rings. The Morgan fingerprint density at radius 3 is 2.55 bits per heavy atom. The largest absolute Gasteiger partial charge is 0.313 e. The highest BCUT2D eigenvalue weighted by Gasteiger charge is 2.16. The van der Waals surface area contributed by atoms with Crippen LogP contribution < -0.4 is 5.32 Å². The molecule has 0 bridgehead atoms. The Labute approximate surface area is 132 Å². The number of hydrogen-bond donors (Lipinski definition) is 1. The molecule has 1 aliphatic heterocycles. The van der Waals surface area contributed by atoms with Gasteiger partial charge in [0.1, 0.15) is 0 Å². The third-order valence-electron chi connectivity index (χ3n) is 3.76.